The molecule has 3 aromatic rings. The molecule has 6 nitrogen and oxygen atoms in total. The van der Waals surface area contributed by atoms with E-state index in [9.17, 15) is 13.2 Å². The summed E-state index contributed by atoms with van der Waals surface area (Å²) in [5.41, 5.74) is 2.45. The van der Waals surface area contributed by atoms with Gasteiger partial charge in [-0.1, -0.05) is 24.3 Å². The number of rotatable bonds is 5. The summed E-state index contributed by atoms with van der Waals surface area (Å²) in [6.07, 6.45) is 1.58. The van der Waals surface area contributed by atoms with Crippen LogP contribution in [0.15, 0.2) is 71.8 Å². The average molecular weight is 381 g/mol. The lowest BCUT2D eigenvalue weighted by atomic mass is 10.2. The van der Waals surface area contributed by atoms with Crippen LogP contribution in [0.1, 0.15) is 21.5 Å². The van der Waals surface area contributed by atoms with Gasteiger partial charge in [0.2, 0.25) is 0 Å². The van der Waals surface area contributed by atoms with Gasteiger partial charge in [0.05, 0.1) is 4.90 Å². The van der Waals surface area contributed by atoms with Crippen LogP contribution in [-0.4, -0.2) is 19.3 Å². The zero-order valence-electron chi connectivity index (χ0n) is 14.9. The normalized spacial score (nSPS) is 11.0. The van der Waals surface area contributed by atoms with E-state index in [0.717, 1.165) is 11.1 Å². The van der Waals surface area contributed by atoms with Gasteiger partial charge in [0, 0.05) is 17.4 Å². The van der Waals surface area contributed by atoms with E-state index >= 15 is 0 Å². The first kappa shape index (κ1) is 18.6. The number of anilines is 2. The van der Waals surface area contributed by atoms with Crippen molar-refractivity contribution in [3.05, 3.63) is 83.6 Å². The Morgan fingerprint density at radius 1 is 0.963 bits per heavy atom. The fourth-order valence-electron chi connectivity index (χ4n) is 2.52. The van der Waals surface area contributed by atoms with Gasteiger partial charge in [0.25, 0.3) is 15.9 Å². The molecule has 1 aromatic heterocycles. The molecule has 1 heterocycles. The van der Waals surface area contributed by atoms with Crippen LogP contribution in [0, 0.1) is 13.8 Å². The van der Waals surface area contributed by atoms with Gasteiger partial charge in [-0.2, -0.15) is 0 Å². The maximum absolute atomic E-state index is 12.6. The van der Waals surface area contributed by atoms with Crippen molar-refractivity contribution in [1.29, 1.82) is 0 Å². The first-order valence-corrected chi connectivity index (χ1v) is 9.76. The van der Waals surface area contributed by atoms with Gasteiger partial charge >= 0.3 is 0 Å². The smallest absolute Gasteiger partial charge is 0.261 e. The number of aromatic nitrogens is 1. The highest BCUT2D eigenvalue weighted by atomic mass is 32.2. The Morgan fingerprint density at radius 3 is 2.48 bits per heavy atom. The van der Waals surface area contributed by atoms with Gasteiger partial charge in [-0.05, 0) is 61.4 Å². The fraction of sp³-hybridized carbons (Fsp3) is 0.100. The lowest BCUT2D eigenvalue weighted by molar-refractivity contribution is 0.102. The first-order valence-electron chi connectivity index (χ1n) is 8.28. The number of sulfonamides is 1. The molecule has 3 rings (SSSR count). The van der Waals surface area contributed by atoms with E-state index in [-0.39, 0.29) is 10.5 Å². The summed E-state index contributed by atoms with van der Waals surface area (Å²) in [6, 6.07) is 16.5. The number of amides is 1. The van der Waals surface area contributed by atoms with Crippen molar-refractivity contribution < 1.29 is 13.2 Å². The number of aryl methyl sites for hydroxylation is 2. The Morgan fingerprint density at radius 2 is 1.74 bits per heavy atom. The molecule has 0 aliphatic heterocycles. The zero-order chi connectivity index (χ0) is 19.4. The molecule has 2 N–H and O–H groups in total. The number of carbonyl (C=O) groups excluding carboxylic acids is 1. The number of carbonyl (C=O) groups is 1. The summed E-state index contributed by atoms with van der Waals surface area (Å²) >= 11 is 0. The number of hydrogen-bond acceptors (Lipinski definition) is 4. The summed E-state index contributed by atoms with van der Waals surface area (Å²) in [6.45, 7) is 3.71. The topological polar surface area (TPSA) is 88.2 Å². The predicted molar refractivity (Wildman–Crippen MR) is 105 cm³/mol. The third-order valence-corrected chi connectivity index (χ3v) is 5.30. The number of benzene rings is 2. The maximum atomic E-state index is 12.6. The van der Waals surface area contributed by atoms with Crippen LogP contribution in [0.2, 0.25) is 0 Å². The SMILES string of the molecule is Cc1cccc(NS(=O)(=O)c2cccc(C(=O)Nc3ncccc3C)c2)c1. The molecule has 0 bridgehead atoms. The highest BCUT2D eigenvalue weighted by molar-refractivity contribution is 7.92. The van der Waals surface area contributed by atoms with E-state index < -0.39 is 15.9 Å². The quantitative estimate of drug-likeness (QED) is 0.704. The second-order valence-electron chi connectivity index (χ2n) is 6.13. The van der Waals surface area contributed by atoms with E-state index in [2.05, 4.69) is 15.0 Å². The van der Waals surface area contributed by atoms with Crippen LogP contribution in [-0.2, 0) is 10.0 Å². The van der Waals surface area contributed by atoms with Crippen molar-refractivity contribution in [2.45, 2.75) is 18.7 Å². The highest BCUT2D eigenvalue weighted by Gasteiger charge is 2.17. The van der Waals surface area contributed by atoms with Gasteiger partial charge in [0.15, 0.2) is 0 Å². The fourth-order valence-corrected chi connectivity index (χ4v) is 3.62. The molecular weight excluding hydrogens is 362 g/mol. The van der Waals surface area contributed by atoms with E-state index in [4.69, 9.17) is 0 Å². The summed E-state index contributed by atoms with van der Waals surface area (Å²) < 4.78 is 27.8. The minimum Gasteiger partial charge on any atom is -0.306 e. The van der Waals surface area contributed by atoms with Crippen molar-refractivity contribution in [3.8, 4) is 0 Å². The molecule has 0 atom stereocenters. The molecule has 2 aromatic carbocycles. The maximum Gasteiger partial charge on any atom is 0.261 e. The van der Waals surface area contributed by atoms with Crippen LogP contribution >= 0.6 is 0 Å². The van der Waals surface area contributed by atoms with Crippen LogP contribution in [0.5, 0.6) is 0 Å². The summed E-state index contributed by atoms with van der Waals surface area (Å²) in [5, 5.41) is 2.70. The first-order chi connectivity index (χ1) is 12.8. The Hall–Kier alpha value is -3.19. The summed E-state index contributed by atoms with van der Waals surface area (Å²) in [7, 11) is -3.81. The zero-order valence-corrected chi connectivity index (χ0v) is 15.7. The molecule has 0 fully saturated rings. The van der Waals surface area contributed by atoms with E-state index in [1.807, 2.05) is 26.0 Å². The van der Waals surface area contributed by atoms with Crippen molar-refractivity contribution in [1.82, 2.24) is 4.98 Å². The van der Waals surface area contributed by atoms with E-state index in [1.54, 1.807) is 36.5 Å². The third kappa shape index (κ3) is 4.51. The van der Waals surface area contributed by atoms with Crippen molar-refractivity contribution in [2.24, 2.45) is 0 Å². The molecule has 0 saturated carbocycles. The second-order valence-corrected chi connectivity index (χ2v) is 7.81. The van der Waals surface area contributed by atoms with Gasteiger partial charge in [-0.15, -0.1) is 0 Å². The number of nitrogens with one attached hydrogen (secondary N) is 2. The van der Waals surface area contributed by atoms with E-state index in [0.29, 0.717) is 11.5 Å². The van der Waals surface area contributed by atoms with Crippen LogP contribution in [0.25, 0.3) is 0 Å². The van der Waals surface area contributed by atoms with Crippen LogP contribution < -0.4 is 10.0 Å². The number of pyridine rings is 1. The van der Waals surface area contributed by atoms with Crippen molar-refractivity contribution >= 4 is 27.4 Å². The van der Waals surface area contributed by atoms with E-state index in [1.165, 1.54) is 18.2 Å². The molecule has 27 heavy (non-hydrogen) atoms. The van der Waals surface area contributed by atoms with Gasteiger partial charge in [-0.3, -0.25) is 9.52 Å². The Kier molecular flexibility index (Phi) is 5.23. The Balaban J connectivity index is 1.84. The second kappa shape index (κ2) is 7.59. The lowest BCUT2D eigenvalue weighted by Gasteiger charge is -2.11. The molecule has 1 amide bonds. The number of nitrogens with zero attached hydrogens (tertiary/aromatic N) is 1. The molecule has 0 aliphatic carbocycles. The minimum absolute atomic E-state index is 0.00870. The van der Waals surface area contributed by atoms with Crippen LogP contribution in [0.4, 0.5) is 11.5 Å². The molecule has 0 spiro atoms. The van der Waals surface area contributed by atoms with Gasteiger partial charge < -0.3 is 5.32 Å². The molecule has 0 saturated heterocycles. The van der Waals surface area contributed by atoms with Gasteiger partial charge in [-0.25, -0.2) is 13.4 Å². The largest absolute Gasteiger partial charge is 0.306 e. The predicted octanol–water partition coefficient (Wildman–Crippen LogP) is 3.75. The number of hydrogen-bond donors (Lipinski definition) is 2. The average Bonchev–Trinajstić information content (AvgIpc) is 2.63. The minimum atomic E-state index is -3.81. The standard InChI is InChI=1S/C20H19N3O3S/c1-14-6-3-9-17(12-14)23-27(25,26)18-10-4-8-16(13-18)20(24)22-19-15(2)7-5-11-21-19/h3-13,23H,1-2H3,(H,21,22,24). The molecule has 0 aliphatic rings. The molecular formula is C20H19N3O3S. The summed E-state index contributed by atoms with van der Waals surface area (Å²) in [5.74, 6) is 0.0121. The molecule has 138 valence electrons. The molecule has 0 unspecified atom stereocenters. The Bertz CT molecular complexity index is 1090. The van der Waals surface area contributed by atoms with Gasteiger partial charge in [0.1, 0.15) is 5.82 Å². The van der Waals surface area contributed by atoms with Crippen molar-refractivity contribution in [3.63, 3.8) is 0 Å². The highest BCUT2D eigenvalue weighted by Crippen LogP contribution is 2.19. The lowest BCUT2D eigenvalue weighted by Crippen LogP contribution is -2.16. The summed E-state index contributed by atoms with van der Waals surface area (Å²) in [4.78, 5) is 16.6. The monoisotopic (exact) mass is 381 g/mol. The molecule has 7 heteroatoms. The molecule has 0 radical (unpaired) electrons. The van der Waals surface area contributed by atoms with Crippen molar-refractivity contribution in [2.75, 3.05) is 10.0 Å². The van der Waals surface area contributed by atoms with Crippen LogP contribution in [0.3, 0.4) is 0 Å². The Labute approximate surface area is 158 Å². The third-order valence-electron chi connectivity index (χ3n) is 3.92.